The Kier molecular flexibility index (Phi) is 6.53. The molecule has 1 N–H and O–H groups in total. The predicted octanol–water partition coefficient (Wildman–Crippen LogP) is 2.41. The first-order valence-corrected chi connectivity index (χ1v) is 9.41. The van der Waals surface area contributed by atoms with Crippen molar-refractivity contribution in [2.45, 2.75) is 19.4 Å². The zero-order valence-corrected chi connectivity index (χ0v) is 16.3. The number of hydrogen-bond donors (Lipinski definition) is 1. The molecule has 1 aliphatic heterocycles. The van der Waals surface area contributed by atoms with Gasteiger partial charge in [-0.05, 0) is 29.7 Å². The molecule has 0 spiro atoms. The van der Waals surface area contributed by atoms with Gasteiger partial charge in [-0.2, -0.15) is 0 Å². The molecule has 0 aromatic heterocycles. The molecule has 2 aromatic carbocycles. The number of carbonyl (C=O) groups is 2. The number of ether oxygens (including phenoxy) is 2. The summed E-state index contributed by atoms with van der Waals surface area (Å²) in [6, 6.07) is 15.6. The van der Waals surface area contributed by atoms with E-state index in [9.17, 15) is 9.59 Å². The molecule has 28 heavy (non-hydrogen) atoms. The fourth-order valence-electron chi connectivity index (χ4n) is 3.40. The van der Waals surface area contributed by atoms with E-state index in [2.05, 4.69) is 5.32 Å². The smallest absolute Gasteiger partial charge is 0.225 e. The Morgan fingerprint density at radius 3 is 2.54 bits per heavy atom. The van der Waals surface area contributed by atoms with Gasteiger partial charge in [-0.25, -0.2) is 0 Å². The van der Waals surface area contributed by atoms with E-state index < -0.39 is 0 Å². The summed E-state index contributed by atoms with van der Waals surface area (Å²) in [4.78, 5) is 26.6. The van der Waals surface area contributed by atoms with Crippen molar-refractivity contribution in [2.75, 3.05) is 27.3 Å². The fourth-order valence-corrected chi connectivity index (χ4v) is 3.40. The molecular weight excluding hydrogens is 356 g/mol. The highest BCUT2D eigenvalue weighted by Gasteiger charge is 2.33. The Hall–Kier alpha value is -3.02. The number of benzene rings is 2. The first-order chi connectivity index (χ1) is 13.6. The highest BCUT2D eigenvalue weighted by atomic mass is 16.5. The minimum absolute atomic E-state index is 0.0437. The van der Waals surface area contributed by atoms with E-state index in [1.807, 2.05) is 48.5 Å². The minimum Gasteiger partial charge on any atom is -0.493 e. The molecular formula is C22H26N2O4. The molecule has 0 bridgehead atoms. The number of carbonyl (C=O) groups excluding carboxylic acids is 2. The molecule has 0 unspecified atom stereocenters. The van der Waals surface area contributed by atoms with Crippen molar-refractivity contribution < 1.29 is 19.1 Å². The summed E-state index contributed by atoms with van der Waals surface area (Å²) in [5.41, 5.74) is 2.10. The Labute approximate surface area is 165 Å². The van der Waals surface area contributed by atoms with Crippen LogP contribution in [0.25, 0.3) is 0 Å². The maximum Gasteiger partial charge on any atom is 0.225 e. The predicted molar refractivity (Wildman–Crippen MR) is 106 cm³/mol. The van der Waals surface area contributed by atoms with Crippen molar-refractivity contribution in [1.82, 2.24) is 10.2 Å². The average Bonchev–Trinajstić information content (AvgIpc) is 3.11. The Morgan fingerprint density at radius 2 is 1.82 bits per heavy atom. The second-order valence-corrected chi connectivity index (χ2v) is 6.88. The van der Waals surface area contributed by atoms with E-state index in [-0.39, 0.29) is 24.2 Å². The first kappa shape index (κ1) is 19.7. The van der Waals surface area contributed by atoms with Crippen LogP contribution in [0.1, 0.15) is 17.5 Å². The molecule has 1 atom stereocenters. The second-order valence-electron chi connectivity index (χ2n) is 6.88. The third-order valence-electron chi connectivity index (χ3n) is 5.01. The van der Waals surface area contributed by atoms with Crippen LogP contribution in [0.5, 0.6) is 11.5 Å². The number of methoxy groups -OCH3 is 2. The van der Waals surface area contributed by atoms with Crippen molar-refractivity contribution in [3.05, 3.63) is 59.7 Å². The Morgan fingerprint density at radius 1 is 1.07 bits per heavy atom. The maximum atomic E-state index is 12.5. The quantitative estimate of drug-likeness (QED) is 0.761. The molecule has 0 aliphatic carbocycles. The van der Waals surface area contributed by atoms with Gasteiger partial charge in [-0.3, -0.25) is 9.59 Å². The van der Waals surface area contributed by atoms with E-state index >= 15 is 0 Å². The van der Waals surface area contributed by atoms with E-state index in [0.29, 0.717) is 31.1 Å². The van der Waals surface area contributed by atoms with Crippen molar-refractivity contribution in [3.8, 4) is 11.5 Å². The second kappa shape index (κ2) is 9.26. The van der Waals surface area contributed by atoms with Crippen LogP contribution in [0, 0.1) is 5.92 Å². The lowest BCUT2D eigenvalue weighted by Crippen LogP contribution is -2.33. The molecule has 0 radical (unpaired) electrons. The van der Waals surface area contributed by atoms with Crippen molar-refractivity contribution >= 4 is 11.8 Å². The SMILES string of the molecule is COc1ccc(CNC(=O)[C@H]2CC(=O)N(CCc3ccccc3)C2)cc1OC. The van der Waals surface area contributed by atoms with E-state index in [0.717, 1.165) is 12.0 Å². The molecule has 0 saturated carbocycles. The zero-order valence-electron chi connectivity index (χ0n) is 16.3. The fraction of sp³-hybridized carbons (Fsp3) is 0.364. The average molecular weight is 382 g/mol. The molecule has 3 rings (SSSR count). The normalized spacial score (nSPS) is 16.1. The summed E-state index contributed by atoms with van der Waals surface area (Å²) in [5, 5.41) is 2.93. The standard InChI is InChI=1S/C22H26N2O4/c1-27-19-9-8-17(12-20(19)28-2)14-23-22(26)18-13-21(25)24(15-18)11-10-16-6-4-3-5-7-16/h3-9,12,18H,10-11,13-15H2,1-2H3,(H,23,26)/t18-/m0/s1. The van der Waals surface area contributed by atoms with Crippen LogP contribution >= 0.6 is 0 Å². The summed E-state index contributed by atoms with van der Waals surface area (Å²) in [7, 11) is 3.16. The first-order valence-electron chi connectivity index (χ1n) is 9.41. The summed E-state index contributed by atoms with van der Waals surface area (Å²) >= 11 is 0. The summed E-state index contributed by atoms with van der Waals surface area (Å²) in [6.45, 7) is 1.50. The van der Waals surface area contributed by atoms with Gasteiger partial charge in [-0.1, -0.05) is 36.4 Å². The molecule has 6 heteroatoms. The molecule has 2 aromatic rings. The van der Waals surface area contributed by atoms with Crippen LogP contribution in [0.2, 0.25) is 0 Å². The molecule has 2 amide bonds. The molecule has 1 saturated heterocycles. The van der Waals surface area contributed by atoms with Crippen LogP contribution in [0.3, 0.4) is 0 Å². The highest BCUT2D eigenvalue weighted by molar-refractivity contribution is 5.89. The topological polar surface area (TPSA) is 67.9 Å². The summed E-state index contributed by atoms with van der Waals surface area (Å²) in [5.74, 6) is 0.918. The van der Waals surface area contributed by atoms with Crippen LogP contribution in [0.15, 0.2) is 48.5 Å². The van der Waals surface area contributed by atoms with Gasteiger partial charge in [0, 0.05) is 26.1 Å². The van der Waals surface area contributed by atoms with Crippen molar-refractivity contribution in [3.63, 3.8) is 0 Å². The number of hydrogen-bond acceptors (Lipinski definition) is 4. The van der Waals surface area contributed by atoms with Crippen molar-refractivity contribution in [2.24, 2.45) is 5.92 Å². The lowest BCUT2D eigenvalue weighted by molar-refractivity contribution is -0.129. The minimum atomic E-state index is -0.302. The van der Waals surface area contributed by atoms with Gasteiger partial charge in [0.1, 0.15) is 0 Å². The molecule has 1 heterocycles. The number of nitrogens with zero attached hydrogens (tertiary/aromatic N) is 1. The van der Waals surface area contributed by atoms with Gasteiger partial charge in [0.2, 0.25) is 11.8 Å². The van der Waals surface area contributed by atoms with Crippen LogP contribution < -0.4 is 14.8 Å². The largest absolute Gasteiger partial charge is 0.493 e. The van der Waals surface area contributed by atoms with E-state index in [1.165, 1.54) is 5.56 Å². The van der Waals surface area contributed by atoms with Crippen LogP contribution in [0.4, 0.5) is 0 Å². The number of likely N-dealkylation sites (tertiary alicyclic amines) is 1. The zero-order chi connectivity index (χ0) is 19.9. The molecule has 6 nitrogen and oxygen atoms in total. The monoisotopic (exact) mass is 382 g/mol. The molecule has 1 fully saturated rings. The number of amides is 2. The maximum absolute atomic E-state index is 12.5. The van der Waals surface area contributed by atoms with Gasteiger partial charge in [-0.15, -0.1) is 0 Å². The van der Waals surface area contributed by atoms with E-state index in [4.69, 9.17) is 9.47 Å². The van der Waals surface area contributed by atoms with Gasteiger partial charge in [0.15, 0.2) is 11.5 Å². The summed E-state index contributed by atoms with van der Waals surface area (Å²) < 4.78 is 10.5. The lowest BCUT2D eigenvalue weighted by Gasteiger charge is -2.16. The van der Waals surface area contributed by atoms with E-state index in [1.54, 1.807) is 19.1 Å². The van der Waals surface area contributed by atoms with Gasteiger partial charge in [0.25, 0.3) is 0 Å². The Bertz CT molecular complexity index is 823. The van der Waals surface area contributed by atoms with Crippen LogP contribution in [-0.4, -0.2) is 44.0 Å². The molecule has 148 valence electrons. The number of rotatable bonds is 8. The molecule has 1 aliphatic rings. The highest BCUT2D eigenvalue weighted by Crippen LogP contribution is 2.27. The third-order valence-corrected chi connectivity index (χ3v) is 5.01. The van der Waals surface area contributed by atoms with Crippen molar-refractivity contribution in [1.29, 1.82) is 0 Å². The Balaban J connectivity index is 1.50. The van der Waals surface area contributed by atoms with Crippen LogP contribution in [-0.2, 0) is 22.6 Å². The summed E-state index contributed by atoms with van der Waals surface area (Å²) in [6.07, 6.45) is 1.07. The third kappa shape index (κ3) is 4.82. The van der Waals surface area contributed by atoms with Gasteiger partial charge in [0.05, 0.1) is 20.1 Å². The van der Waals surface area contributed by atoms with Gasteiger partial charge >= 0.3 is 0 Å². The number of nitrogens with one attached hydrogen (secondary N) is 1. The lowest BCUT2D eigenvalue weighted by atomic mass is 10.1. The van der Waals surface area contributed by atoms with Gasteiger partial charge < -0.3 is 19.7 Å².